The normalized spacial score (nSPS) is 25.0. The molecule has 0 N–H and O–H groups in total. The van der Waals surface area contributed by atoms with Crippen molar-refractivity contribution in [1.29, 1.82) is 0 Å². The summed E-state index contributed by atoms with van der Waals surface area (Å²) in [6.07, 6.45) is 17.6. The fourth-order valence-electron chi connectivity index (χ4n) is 4.27. The Morgan fingerprint density at radius 3 is 2.86 bits per heavy atom. The van der Waals surface area contributed by atoms with Crippen molar-refractivity contribution in [1.82, 2.24) is 0 Å². The molecule has 2 atom stereocenters. The summed E-state index contributed by atoms with van der Waals surface area (Å²) in [5, 5.41) is 2.91. The fraction of sp³-hybridized carbons (Fsp3) is 0.238. The molecule has 3 aliphatic rings. The molecule has 0 aromatic heterocycles. The molecule has 0 fully saturated rings. The van der Waals surface area contributed by atoms with E-state index in [0.717, 1.165) is 0 Å². The standard InChI is InChI=1S/C21H18/c1-2-6-18-14(4-1)8-10-16-13-21-17(12-20(16)18)11-9-15-5-3-7-19(15)21/h1-2,4,6,8-14,18H,3,5,7H2. The topological polar surface area (TPSA) is 0 Å². The summed E-state index contributed by atoms with van der Waals surface area (Å²) in [6, 6.07) is 9.56. The van der Waals surface area contributed by atoms with E-state index in [2.05, 4.69) is 60.7 Å². The zero-order valence-electron chi connectivity index (χ0n) is 12.0. The number of rotatable bonds is 0. The van der Waals surface area contributed by atoms with Crippen LogP contribution < -0.4 is 0 Å². The van der Waals surface area contributed by atoms with Crippen molar-refractivity contribution in [2.24, 2.45) is 5.92 Å². The molecule has 0 amide bonds. The van der Waals surface area contributed by atoms with Gasteiger partial charge in [-0.05, 0) is 64.4 Å². The molecule has 0 heterocycles. The number of benzene rings is 2. The maximum Gasteiger partial charge on any atom is 0.0125 e. The zero-order chi connectivity index (χ0) is 13.8. The van der Waals surface area contributed by atoms with E-state index < -0.39 is 0 Å². The van der Waals surface area contributed by atoms with Crippen LogP contribution in [0.25, 0.3) is 16.8 Å². The van der Waals surface area contributed by atoms with Gasteiger partial charge in [0.15, 0.2) is 0 Å². The number of fused-ring (bicyclic) bond motifs is 6. The van der Waals surface area contributed by atoms with Crippen LogP contribution in [-0.2, 0) is 12.8 Å². The van der Waals surface area contributed by atoms with E-state index in [-0.39, 0.29) is 0 Å². The van der Waals surface area contributed by atoms with Crippen molar-refractivity contribution in [3.05, 3.63) is 76.9 Å². The lowest BCUT2D eigenvalue weighted by Gasteiger charge is -2.28. The highest BCUT2D eigenvalue weighted by atomic mass is 14.3. The third-order valence-electron chi connectivity index (χ3n) is 5.34. The Morgan fingerprint density at radius 1 is 0.905 bits per heavy atom. The van der Waals surface area contributed by atoms with Gasteiger partial charge in [0.1, 0.15) is 0 Å². The maximum absolute atomic E-state index is 2.44. The Balaban J connectivity index is 1.77. The molecule has 102 valence electrons. The lowest BCUT2D eigenvalue weighted by molar-refractivity contribution is 0.693. The molecule has 2 aromatic rings. The van der Waals surface area contributed by atoms with Crippen molar-refractivity contribution in [3.63, 3.8) is 0 Å². The number of hydrogen-bond donors (Lipinski definition) is 0. The molecule has 0 saturated carbocycles. The van der Waals surface area contributed by atoms with E-state index in [4.69, 9.17) is 0 Å². The van der Waals surface area contributed by atoms with Crippen molar-refractivity contribution >= 4 is 16.8 Å². The Kier molecular flexibility index (Phi) is 2.32. The van der Waals surface area contributed by atoms with Gasteiger partial charge < -0.3 is 0 Å². The molecular formula is C21H18. The Morgan fingerprint density at radius 2 is 1.86 bits per heavy atom. The smallest absolute Gasteiger partial charge is 0.0125 e. The highest BCUT2D eigenvalue weighted by molar-refractivity contribution is 5.91. The number of allylic oxidation sites excluding steroid dienone is 5. The second kappa shape index (κ2) is 4.21. The molecule has 0 spiro atoms. The maximum atomic E-state index is 2.44. The van der Waals surface area contributed by atoms with Gasteiger partial charge in [-0.3, -0.25) is 0 Å². The second-order valence-corrected chi connectivity index (χ2v) is 6.49. The summed E-state index contributed by atoms with van der Waals surface area (Å²) >= 11 is 0. The van der Waals surface area contributed by atoms with Gasteiger partial charge in [-0.25, -0.2) is 0 Å². The van der Waals surface area contributed by atoms with Gasteiger partial charge in [-0.2, -0.15) is 0 Å². The molecule has 0 heteroatoms. The summed E-state index contributed by atoms with van der Waals surface area (Å²) in [6.45, 7) is 0. The molecular weight excluding hydrogens is 252 g/mol. The zero-order valence-corrected chi connectivity index (χ0v) is 12.0. The van der Waals surface area contributed by atoms with Crippen molar-refractivity contribution < 1.29 is 0 Å². The third-order valence-corrected chi connectivity index (χ3v) is 5.34. The second-order valence-electron chi connectivity index (χ2n) is 6.49. The van der Waals surface area contributed by atoms with Gasteiger partial charge in [0.2, 0.25) is 0 Å². The van der Waals surface area contributed by atoms with E-state index in [1.165, 1.54) is 41.2 Å². The molecule has 0 aliphatic heterocycles. The van der Waals surface area contributed by atoms with Gasteiger partial charge >= 0.3 is 0 Å². The van der Waals surface area contributed by atoms with Crippen LogP contribution in [0.1, 0.15) is 34.6 Å². The van der Waals surface area contributed by atoms with Crippen LogP contribution in [0.5, 0.6) is 0 Å². The minimum atomic E-state index is 0.521. The molecule has 0 nitrogen and oxygen atoms in total. The van der Waals surface area contributed by atoms with Crippen LogP contribution in [-0.4, -0.2) is 0 Å². The molecule has 3 aliphatic carbocycles. The molecule has 2 aromatic carbocycles. The molecule has 21 heavy (non-hydrogen) atoms. The summed E-state index contributed by atoms with van der Waals surface area (Å²) in [5.41, 5.74) is 6.09. The highest BCUT2D eigenvalue weighted by Crippen LogP contribution is 2.41. The predicted octanol–water partition coefficient (Wildman–Crippen LogP) is 5.18. The van der Waals surface area contributed by atoms with Crippen LogP contribution in [0, 0.1) is 5.92 Å². The Hall–Kier alpha value is -2.08. The van der Waals surface area contributed by atoms with Crippen LogP contribution in [0.2, 0.25) is 0 Å². The van der Waals surface area contributed by atoms with Crippen LogP contribution in [0.15, 0.2) is 54.6 Å². The number of hydrogen-bond acceptors (Lipinski definition) is 0. The monoisotopic (exact) mass is 270 g/mol. The van der Waals surface area contributed by atoms with Gasteiger partial charge in [0.25, 0.3) is 0 Å². The summed E-state index contributed by atoms with van der Waals surface area (Å²) in [5.74, 6) is 1.06. The first-order chi connectivity index (χ1) is 10.4. The minimum Gasteiger partial charge on any atom is -0.0767 e. The quantitative estimate of drug-likeness (QED) is 0.618. The SMILES string of the molecule is C1=CC2C=Cc3cc4c5c(ccc4cc3C2C=C1)CCC5. The van der Waals surface area contributed by atoms with E-state index in [1.807, 2.05) is 0 Å². The fourth-order valence-corrected chi connectivity index (χ4v) is 4.27. The van der Waals surface area contributed by atoms with Crippen LogP contribution in [0.3, 0.4) is 0 Å². The average molecular weight is 270 g/mol. The van der Waals surface area contributed by atoms with E-state index in [1.54, 1.807) is 11.1 Å². The third kappa shape index (κ3) is 1.62. The first kappa shape index (κ1) is 11.6. The Bertz CT molecular complexity index is 833. The van der Waals surface area contributed by atoms with Gasteiger partial charge in [0, 0.05) is 11.8 Å². The first-order valence-corrected chi connectivity index (χ1v) is 8.02. The van der Waals surface area contributed by atoms with Crippen molar-refractivity contribution in [2.75, 3.05) is 0 Å². The molecule has 5 rings (SSSR count). The highest BCUT2D eigenvalue weighted by Gasteiger charge is 2.25. The van der Waals surface area contributed by atoms with E-state index >= 15 is 0 Å². The van der Waals surface area contributed by atoms with Gasteiger partial charge in [-0.15, -0.1) is 0 Å². The van der Waals surface area contributed by atoms with E-state index in [0.29, 0.717) is 11.8 Å². The number of aryl methyl sites for hydroxylation is 2. The Labute approximate surface area is 125 Å². The molecule has 0 bridgehead atoms. The lowest BCUT2D eigenvalue weighted by Crippen LogP contribution is -2.13. The van der Waals surface area contributed by atoms with Crippen LogP contribution >= 0.6 is 0 Å². The lowest BCUT2D eigenvalue weighted by atomic mass is 9.76. The average Bonchev–Trinajstić information content (AvgIpc) is 3.02. The van der Waals surface area contributed by atoms with Crippen molar-refractivity contribution in [2.45, 2.75) is 25.2 Å². The predicted molar refractivity (Wildman–Crippen MR) is 89.5 cm³/mol. The van der Waals surface area contributed by atoms with Gasteiger partial charge in [-0.1, -0.05) is 48.6 Å². The van der Waals surface area contributed by atoms with E-state index in [9.17, 15) is 0 Å². The molecule has 0 saturated heterocycles. The summed E-state index contributed by atoms with van der Waals surface area (Å²) in [7, 11) is 0. The molecule has 0 radical (unpaired) electrons. The largest absolute Gasteiger partial charge is 0.0767 e. The molecule has 2 unspecified atom stereocenters. The first-order valence-electron chi connectivity index (χ1n) is 8.02. The van der Waals surface area contributed by atoms with Crippen molar-refractivity contribution in [3.8, 4) is 0 Å². The van der Waals surface area contributed by atoms with Crippen LogP contribution in [0.4, 0.5) is 0 Å². The minimum absolute atomic E-state index is 0.521. The summed E-state index contributed by atoms with van der Waals surface area (Å²) in [4.78, 5) is 0. The summed E-state index contributed by atoms with van der Waals surface area (Å²) < 4.78 is 0. The van der Waals surface area contributed by atoms with Gasteiger partial charge in [0.05, 0.1) is 0 Å².